The van der Waals surface area contributed by atoms with E-state index >= 15 is 0 Å². The van der Waals surface area contributed by atoms with Crippen LogP contribution in [0.5, 0.6) is 0 Å². The van der Waals surface area contributed by atoms with Gasteiger partial charge in [0.1, 0.15) is 11.2 Å². The number of hydrogen-bond donors (Lipinski definition) is 0. The lowest BCUT2D eigenvalue weighted by Crippen LogP contribution is -2.16. The number of fused-ring (bicyclic) bond motifs is 11. The molecule has 0 unspecified atom stereocenters. The van der Waals surface area contributed by atoms with Gasteiger partial charge in [0, 0.05) is 44.1 Å². The van der Waals surface area contributed by atoms with Crippen molar-refractivity contribution < 1.29 is 4.42 Å². The van der Waals surface area contributed by atoms with Crippen LogP contribution in [-0.2, 0) is 10.8 Å². The first-order valence-corrected chi connectivity index (χ1v) is 19.0. The lowest BCUT2D eigenvalue weighted by molar-refractivity contribution is 0.660. The summed E-state index contributed by atoms with van der Waals surface area (Å²) in [4.78, 5) is 2.39. The largest absolute Gasteiger partial charge is 0.455 e. The average Bonchev–Trinajstić information content (AvgIpc) is 3.77. The zero-order valence-electron chi connectivity index (χ0n) is 30.9. The average molecular weight is 694 g/mol. The lowest BCUT2D eigenvalue weighted by atomic mass is 9.81. The van der Waals surface area contributed by atoms with Gasteiger partial charge >= 0.3 is 0 Å². The zero-order chi connectivity index (χ0) is 36.3. The number of rotatable bonds is 4. The molecule has 1 heterocycles. The summed E-state index contributed by atoms with van der Waals surface area (Å²) < 4.78 is 6.76. The second-order valence-electron chi connectivity index (χ2n) is 16.1. The van der Waals surface area contributed by atoms with Gasteiger partial charge in [-0.25, -0.2) is 0 Å². The molecule has 0 saturated heterocycles. The van der Waals surface area contributed by atoms with E-state index in [1.54, 1.807) is 0 Å². The van der Waals surface area contributed by atoms with Gasteiger partial charge in [0.05, 0.1) is 0 Å². The van der Waals surface area contributed by atoms with Crippen LogP contribution in [0.1, 0.15) is 49.9 Å². The van der Waals surface area contributed by atoms with E-state index in [0.29, 0.717) is 0 Å². The Hall–Kier alpha value is -6.38. The van der Waals surface area contributed by atoms with E-state index < -0.39 is 0 Å². The Bertz CT molecular complexity index is 3000. The van der Waals surface area contributed by atoms with Crippen LogP contribution in [0.3, 0.4) is 0 Å². The van der Waals surface area contributed by atoms with Gasteiger partial charge in [0.15, 0.2) is 0 Å². The van der Waals surface area contributed by atoms with Gasteiger partial charge in [-0.1, -0.05) is 137 Å². The molecule has 0 atom stereocenters. The van der Waals surface area contributed by atoms with E-state index in [9.17, 15) is 0 Å². The molecule has 2 nitrogen and oxygen atoms in total. The molecule has 0 spiro atoms. The van der Waals surface area contributed by atoms with Crippen LogP contribution >= 0.6 is 0 Å². The van der Waals surface area contributed by atoms with Gasteiger partial charge in [-0.15, -0.1) is 0 Å². The molecule has 11 rings (SSSR count). The Balaban J connectivity index is 1.10. The smallest absolute Gasteiger partial charge is 0.143 e. The van der Waals surface area contributed by atoms with Crippen molar-refractivity contribution in [3.8, 4) is 33.4 Å². The molecule has 2 aliphatic carbocycles. The van der Waals surface area contributed by atoms with Crippen molar-refractivity contribution in [2.24, 2.45) is 0 Å². The van der Waals surface area contributed by atoms with Crippen LogP contribution in [0, 0.1) is 0 Å². The quantitative estimate of drug-likeness (QED) is 0.182. The van der Waals surface area contributed by atoms with Gasteiger partial charge < -0.3 is 9.32 Å². The third kappa shape index (κ3) is 4.28. The second-order valence-corrected chi connectivity index (χ2v) is 16.1. The highest BCUT2D eigenvalue weighted by molar-refractivity contribution is 6.19. The third-order valence-corrected chi connectivity index (χ3v) is 12.5. The van der Waals surface area contributed by atoms with Crippen LogP contribution in [0.4, 0.5) is 17.1 Å². The van der Waals surface area contributed by atoms with E-state index in [2.05, 4.69) is 196 Å². The molecule has 258 valence electrons. The zero-order valence-corrected chi connectivity index (χ0v) is 30.9. The topological polar surface area (TPSA) is 16.4 Å². The molecular weight excluding hydrogens is 655 g/mol. The van der Waals surface area contributed by atoms with Crippen LogP contribution in [0.2, 0.25) is 0 Å². The molecule has 0 bridgehead atoms. The first-order chi connectivity index (χ1) is 26.3. The van der Waals surface area contributed by atoms with Gasteiger partial charge in [-0.05, 0) is 116 Å². The van der Waals surface area contributed by atoms with E-state index in [0.717, 1.165) is 44.4 Å². The van der Waals surface area contributed by atoms with Crippen molar-refractivity contribution in [2.45, 2.75) is 38.5 Å². The van der Waals surface area contributed by atoms with E-state index in [-0.39, 0.29) is 10.8 Å². The maximum atomic E-state index is 6.76. The summed E-state index contributed by atoms with van der Waals surface area (Å²) in [7, 11) is 0. The number of anilines is 3. The van der Waals surface area contributed by atoms with Gasteiger partial charge in [-0.2, -0.15) is 0 Å². The highest BCUT2D eigenvalue weighted by Crippen LogP contribution is 2.52. The fourth-order valence-corrected chi connectivity index (χ4v) is 9.69. The molecule has 2 heteroatoms. The number of hydrogen-bond acceptors (Lipinski definition) is 2. The van der Waals surface area contributed by atoms with E-state index in [1.165, 1.54) is 61.0 Å². The highest BCUT2D eigenvalue weighted by Gasteiger charge is 2.37. The maximum Gasteiger partial charge on any atom is 0.143 e. The number of furan rings is 1. The van der Waals surface area contributed by atoms with E-state index in [4.69, 9.17) is 4.42 Å². The second kappa shape index (κ2) is 11.1. The Morgan fingerprint density at radius 2 is 0.926 bits per heavy atom. The predicted octanol–water partition coefficient (Wildman–Crippen LogP) is 14.5. The number of para-hydroxylation sites is 1. The summed E-state index contributed by atoms with van der Waals surface area (Å²) >= 11 is 0. The summed E-state index contributed by atoms with van der Waals surface area (Å²) in [6.45, 7) is 9.40. The van der Waals surface area contributed by atoms with Crippen molar-refractivity contribution >= 4 is 49.8 Å². The first kappa shape index (κ1) is 31.2. The summed E-state index contributed by atoms with van der Waals surface area (Å²) in [6.07, 6.45) is 0. The predicted molar refractivity (Wildman–Crippen MR) is 226 cm³/mol. The van der Waals surface area contributed by atoms with Crippen molar-refractivity contribution in [3.05, 3.63) is 186 Å². The molecule has 9 aromatic rings. The minimum absolute atomic E-state index is 0.0739. The Labute approximate surface area is 315 Å². The van der Waals surface area contributed by atoms with E-state index in [1.807, 2.05) is 0 Å². The normalized spacial score (nSPS) is 14.6. The molecule has 8 aromatic carbocycles. The van der Waals surface area contributed by atoms with Gasteiger partial charge in [0.25, 0.3) is 0 Å². The van der Waals surface area contributed by atoms with Crippen molar-refractivity contribution in [1.82, 2.24) is 0 Å². The fraction of sp³-hybridized carbons (Fsp3) is 0.115. The molecule has 2 aliphatic rings. The number of benzene rings is 8. The number of nitrogens with zero attached hydrogens (tertiary/aromatic N) is 1. The van der Waals surface area contributed by atoms with Crippen molar-refractivity contribution in [1.29, 1.82) is 0 Å². The molecule has 54 heavy (non-hydrogen) atoms. The summed E-state index contributed by atoms with van der Waals surface area (Å²) in [5, 5.41) is 4.57. The lowest BCUT2D eigenvalue weighted by Gasteiger charge is -2.28. The minimum Gasteiger partial charge on any atom is -0.455 e. The van der Waals surface area contributed by atoms with Crippen LogP contribution in [0.25, 0.3) is 66.1 Å². The van der Waals surface area contributed by atoms with Crippen molar-refractivity contribution in [2.75, 3.05) is 4.90 Å². The molecule has 0 aliphatic heterocycles. The standard InChI is InChI=1S/C52H39NO/c1-51(2)45-20-12-10-17-37(45)39-25-22-32(28-47(39)51)42-31-44-43-29-34(24-27-49(43)54-50(44)41-19-9-8-16-36(41)42)53(33-14-6-5-7-15-33)35-23-26-40-38-18-11-13-21-46(38)52(3,4)48(40)30-35/h5-31H,1-4H3. The molecular formula is C52H39NO. The summed E-state index contributed by atoms with van der Waals surface area (Å²) in [6, 6.07) is 60.3. The molecule has 0 amide bonds. The Morgan fingerprint density at radius 3 is 1.65 bits per heavy atom. The third-order valence-electron chi connectivity index (χ3n) is 12.5. The monoisotopic (exact) mass is 693 g/mol. The van der Waals surface area contributed by atoms with Gasteiger partial charge in [-0.3, -0.25) is 0 Å². The Morgan fingerprint density at radius 1 is 0.370 bits per heavy atom. The summed E-state index contributed by atoms with van der Waals surface area (Å²) in [5.41, 5.74) is 18.3. The summed E-state index contributed by atoms with van der Waals surface area (Å²) in [5.74, 6) is 0. The molecule has 0 radical (unpaired) electrons. The Kier molecular flexibility index (Phi) is 6.39. The molecule has 0 N–H and O–H groups in total. The first-order valence-electron chi connectivity index (χ1n) is 19.0. The van der Waals surface area contributed by atoms with Gasteiger partial charge in [0.2, 0.25) is 0 Å². The molecule has 1 aromatic heterocycles. The highest BCUT2D eigenvalue weighted by atomic mass is 16.3. The SMILES string of the molecule is CC1(C)c2ccccc2-c2ccc(-c3cc4c5cc(N(c6ccccc6)c6ccc7c(c6)C(C)(C)c6ccccc6-7)ccc5oc4c4ccccc34)cc21. The van der Waals surface area contributed by atoms with Crippen LogP contribution in [0.15, 0.2) is 168 Å². The minimum atomic E-state index is -0.0952. The van der Waals surface area contributed by atoms with Crippen molar-refractivity contribution in [3.63, 3.8) is 0 Å². The molecule has 0 saturated carbocycles. The van der Waals surface area contributed by atoms with Crippen LogP contribution < -0.4 is 4.90 Å². The maximum absolute atomic E-state index is 6.76. The molecule has 0 fully saturated rings. The van der Waals surface area contributed by atoms with Crippen LogP contribution in [-0.4, -0.2) is 0 Å². The fourth-order valence-electron chi connectivity index (χ4n) is 9.69.